The monoisotopic (exact) mass is 424 g/mol. The first kappa shape index (κ1) is 20.8. The van der Waals surface area contributed by atoms with E-state index in [0.717, 1.165) is 49.7 Å². The molecule has 0 radical (unpaired) electrons. The molecule has 1 fully saturated rings. The Labute approximate surface area is 181 Å². The van der Waals surface area contributed by atoms with Gasteiger partial charge in [0.2, 0.25) is 11.1 Å². The summed E-state index contributed by atoms with van der Waals surface area (Å²) in [6.45, 7) is 12.5. The van der Waals surface area contributed by atoms with Crippen molar-refractivity contribution in [2.75, 3.05) is 31.9 Å². The first-order chi connectivity index (χ1) is 14.4. The molecule has 0 N–H and O–H groups in total. The van der Waals surface area contributed by atoms with Gasteiger partial charge < -0.3 is 4.90 Å². The molecule has 0 spiro atoms. The second-order valence-corrected chi connectivity index (χ2v) is 8.83. The highest BCUT2D eigenvalue weighted by atomic mass is 32.2. The van der Waals surface area contributed by atoms with Crippen molar-refractivity contribution >= 4 is 23.4 Å². The van der Waals surface area contributed by atoms with Crippen LogP contribution in [0.25, 0.3) is 5.78 Å². The lowest BCUT2D eigenvalue weighted by atomic mass is 10.1. The van der Waals surface area contributed by atoms with Crippen LogP contribution >= 0.6 is 11.8 Å². The van der Waals surface area contributed by atoms with Gasteiger partial charge in [-0.3, -0.25) is 9.69 Å². The van der Waals surface area contributed by atoms with Crippen LogP contribution in [0, 0.1) is 27.7 Å². The van der Waals surface area contributed by atoms with Gasteiger partial charge in [-0.1, -0.05) is 36.0 Å². The minimum atomic E-state index is 0.145. The van der Waals surface area contributed by atoms with E-state index in [-0.39, 0.29) is 5.91 Å². The van der Waals surface area contributed by atoms with Crippen molar-refractivity contribution in [1.82, 2.24) is 29.4 Å². The molecule has 1 aliphatic rings. The zero-order valence-corrected chi connectivity index (χ0v) is 18.9. The van der Waals surface area contributed by atoms with Crippen molar-refractivity contribution in [3.63, 3.8) is 0 Å². The van der Waals surface area contributed by atoms with Crippen LogP contribution < -0.4 is 0 Å². The fraction of sp³-hybridized carbons (Fsp3) is 0.455. The quantitative estimate of drug-likeness (QED) is 0.587. The van der Waals surface area contributed by atoms with Gasteiger partial charge >= 0.3 is 0 Å². The van der Waals surface area contributed by atoms with E-state index < -0.39 is 0 Å². The molecule has 0 bridgehead atoms. The van der Waals surface area contributed by atoms with Gasteiger partial charge in [-0.25, -0.2) is 9.50 Å². The van der Waals surface area contributed by atoms with Gasteiger partial charge in [-0.05, 0) is 44.4 Å². The molecule has 8 heteroatoms. The van der Waals surface area contributed by atoms with Crippen LogP contribution in [0.4, 0.5) is 0 Å². The van der Waals surface area contributed by atoms with Crippen LogP contribution in [-0.2, 0) is 11.3 Å². The summed E-state index contributed by atoms with van der Waals surface area (Å²) in [5.74, 6) is 1.09. The first-order valence-electron chi connectivity index (χ1n) is 10.3. The highest BCUT2D eigenvalue weighted by molar-refractivity contribution is 7.99. The maximum atomic E-state index is 12.7. The third kappa shape index (κ3) is 4.34. The lowest BCUT2D eigenvalue weighted by Gasteiger charge is -2.35. The van der Waals surface area contributed by atoms with E-state index in [0.29, 0.717) is 16.7 Å². The minimum Gasteiger partial charge on any atom is -0.339 e. The van der Waals surface area contributed by atoms with Crippen molar-refractivity contribution in [2.45, 2.75) is 39.4 Å². The average molecular weight is 425 g/mol. The van der Waals surface area contributed by atoms with E-state index in [1.165, 1.54) is 22.9 Å². The fourth-order valence-corrected chi connectivity index (χ4v) is 4.42. The first-order valence-corrected chi connectivity index (χ1v) is 11.3. The Balaban J connectivity index is 1.31. The van der Waals surface area contributed by atoms with E-state index in [2.05, 4.69) is 51.2 Å². The van der Waals surface area contributed by atoms with Crippen LogP contribution in [0.15, 0.2) is 29.4 Å². The van der Waals surface area contributed by atoms with Crippen LogP contribution in [-0.4, -0.2) is 67.2 Å². The van der Waals surface area contributed by atoms with E-state index in [1.807, 2.05) is 25.7 Å². The molecule has 1 aliphatic heterocycles. The number of hydrogen-bond donors (Lipinski definition) is 0. The maximum absolute atomic E-state index is 12.7. The Bertz CT molecular complexity index is 1070. The van der Waals surface area contributed by atoms with Crippen LogP contribution in [0.3, 0.4) is 0 Å². The van der Waals surface area contributed by atoms with Crippen molar-refractivity contribution in [1.29, 1.82) is 0 Å². The summed E-state index contributed by atoms with van der Waals surface area (Å²) in [4.78, 5) is 26.0. The molecular formula is C22H28N6OS. The number of amides is 1. The number of fused-ring (bicyclic) bond motifs is 1. The van der Waals surface area contributed by atoms with Crippen molar-refractivity contribution in [3.8, 4) is 0 Å². The molecule has 3 aromatic rings. The second kappa shape index (κ2) is 8.73. The van der Waals surface area contributed by atoms with Crippen LogP contribution in [0.1, 0.15) is 28.1 Å². The molecule has 0 saturated carbocycles. The lowest BCUT2D eigenvalue weighted by molar-refractivity contribution is -0.130. The smallest absolute Gasteiger partial charge is 0.253 e. The molecule has 1 saturated heterocycles. The van der Waals surface area contributed by atoms with Gasteiger partial charge in [-0.2, -0.15) is 4.98 Å². The van der Waals surface area contributed by atoms with E-state index in [9.17, 15) is 4.79 Å². The minimum absolute atomic E-state index is 0.145. The zero-order chi connectivity index (χ0) is 21.3. The topological polar surface area (TPSA) is 66.6 Å². The molecule has 4 rings (SSSR count). The lowest BCUT2D eigenvalue weighted by Crippen LogP contribution is -2.48. The fourth-order valence-electron chi connectivity index (χ4n) is 3.70. The molecule has 30 heavy (non-hydrogen) atoms. The predicted octanol–water partition coefficient (Wildman–Crippen LogP) is 2.79. The summed E-state index contributed by atoms with van der Waals surface area (Å²) in [6, 6.07) is 8.50. The van der Waals surface area contributed by atoms with Gasteiger partial charge in [0.15, 0.2) is 0 Å². The molecule has 1 aromatic carbocycles. The van der Waals surface area contributed by atoms with Crippen LogP contribution in [0.2, 0.25) is 0 Å². The molecule has 0 atom stereocenters. The highest BCUT2D eigenvalue weighted by Crippen LogP contribution is 2.19. The van der Waals surface area contributed by atoms with Gasteiger partial charge in [-0.15, -0.1) is 5.10 Å². The maximum Gasteiger partial charge on any atom is 0.253 e. The number of hydrogen-bond acceptors (Lipinski definition) is 6. The Morgan fingerprint density at radius 2 is 1.77 bits per heavy atom. The summed E-state index contributed by atoms with van der Waals surface area (Å²) in [5, 5.41) is 5.12. The predicted molar refractivity (Wildman–Crippen MR) is 119 cm³/mol. The molecule has 3 heterocycles. The molecule has 1 amide bonds. The van der Waals surface area contributed by atoms with Gasteiger partial charge in [0.1, 0.15) is 0 Å². The summed E-state index contributed by atoms with van der Waals surface area (Å²) < 4.78 is 1.76. The summed E-state index contributed by atoms with van der Waals surface area (Å²) >= 11 is 1.39. The zero-order valence-electron chi connectivity index (χ0n) is 18.1. The standard InChI is InChI=1S/C22H28N6OS/c1-15-7-5-6-8-19(15)13-26-9-11-27(12-10-26)20(29)14-30-22-24-21-23-17(3)16(2)18(4)28(21)25-22/h5-8H,9-14H2,1-4H3. The van der Waals surface area contributed by atoms with E-state index in [1.54, 1.807) is 4.52 Å². The molecule has 158 valence electrons. The van der Waals surface area contributed by atoms with Crippen LogP contribution in [0.5, 0.6) is 0 Å². The summed E-state index contributed by atoms with van der Waals surface area (Å²) in [6.07, 6.45) is 0. The normalized spacial score (nSPS) is 15.1. The van der Waals surface area contributed by atoms with E-state index in [4.69, 9.17) is 0 Å². The van der Waals surface area contributed by atoms with Crippen molar-refractivity contribution < 1.29 is 4.79 Å². The summed E-state index contributed by atoms with van der Waals surface area (Å²) in [5.41, 5.74) is 5.79. The van der Waals surface area contributed by atoms with E-state index >= 15 is 0 Å². The Morgan fingerprint density at radius 1 is 1.03 bits per heavy atom. The number of benzene rings is 1. The average Bonchev–Trinajstić information content (AvgIpc) is 3.15. The highest BCUT2D eigenvalue weighted by Gasteiger charge is 2.22. The molecular weight excluding hydrogens is 396 g/mol. The number of nitrogens with zero attached hydrogens (tertiary/aromatic N) is 6. The number of thioether (sulfide) groups is 1. The SMILES string of the molecule is Cc1ccccc1CN1CCN(C(=O)CSc2nc3nc(C)c(C)c(C)n3n2)CC1. The Hall–Kier alpha value is -2.45. The second-order valence-electron chi connectivity index (χ2n) is 7.89. The third-order valence-corrected chi connectivity index (χ3v) is 6.77. The molecule has 2 aromatic heterocycles. The number of aryl methyl sites for hydroxylation is 3. The number of carbonyl (C=O) groups is 1. The van der Waals surface area contributed by atoms with Gasteiger partial charge in [0.25, 0.3) is 5.78 Å². The third-order valence-electron chi connectivity index (χ3n) is 5.95. The number of aromatic nitrogens is 4. The number of piperazine rings is 1. The largest absolute Gasteiger partial charge is 0.339 e. The number of carbonyl (C=O) groups excluding carboxylic acids is 1. The van der Waals surface area contributed by atoms with Crippen molar-refractivity contribution in [3.05, 3.63) is 52.3 Å². The van der Waals surface area contributed by atoms with Gasteiger partial charge in [0, 0.05) is 44.1 Å². The molecule has 0 unspecified atom stereocenters. The Morgan fingerprint density at radius 3 is 2.50 bits per heavy atom. The molecule has 7 nitrogen and oxygen atoms in total. The van der Waals surface area contributed by atoms with Crippen molar-refractivity contribution in [2.24, 2.45) is 0 Å². The number of rotatable bonds is 5. The Kier molecular flexibility index (Phi) is 6.06. The summed E-state index contributed by atoms with van der Waals surface area (Å²) in [7, 11) is 0. The van der Waals surface area contributed by atoms with Gasteiger partial charge in [0.05, 0.1) is 5.75 Å². The molecule has 0 aliphatic carbocycles.